The molecule has 15 heavy (non-hydrogen) atoms. The van der Waals surface area contributed by atoms with Gasteiger partial charge in [-0.25, -0.2) is 8.78 Å². The van der Waals surface area contributed by atoms with Crippen molar-refractivity contribution in [1.82, 2.24) is 4.98 Å². The van der Waals surface area contributed by atoms with Crippen LogP contribution in [0.15, 0.2) is 12.3 Å². The van der Waals surface area contributed by atoms with Gasteiger partial charge in [0.05, 0.1) is 13.5 Å². The zero-order valence-electron chi connectivity index (χ0n) is 7.91. The molecule has 1 aromatic heterocycles. The molecule has 0 atom stereocenters. The monoisotopic (exact) mass is 217 g/mol. The maximum atomic E-state index is 12.3. The van der Waals surface area contributed by atoms with Gasteiger partial charge in [-0.05, 0) is 11.6 Å². The fourth-order valence-corrected chi connectivity index (χ4v) is 1.09. The minimum absolute atomic E-state index is 0.0938. The van der Waals surface area contributed by atoms with Gasteiger partial charge >= 0.3 is 5.97 Å². The Balaban J connectivity index is 3.02. The minimum atomic E-state index is -2.74. The number of hydrogen-bond donors (Lipinski definition) is 1. The molecular formula is C9H9F2NO3. The first-order valence-corrected chi connectivity index (χ1v) is 4.07. The average molecular weight is 217 g/mol. The summed E-state index contributed by atoms with van der Waals surface area (Å²) in [5, 5.41) is 8.49. The van der Waals surface area contributed by atoms with Gasteiger partial charge in [-0.3, -0.25) is 9.78 Å². The van der Waals surface area contributed by atoms with Crippen molar-refractivity contribution in [1.29, 1.82) is 0 Å². The van der Waals surface area contributed by atoms with Gasteiger partial charge < -0.3 is 9.84 Å². The van der Waals surface area contributed by atoms with Crippen molar-refractivity contribution in [3.63, 3.8) is 0 Å². The van der Waals surface area contributed by atoms with Crippen LogP contribution in [0.25, 0.3) is 0 Å². The zero-order chi connectivity index (χ0) is 11.4. The highest BCUT2D eigenvalue weighted by atomic mass is 19.3. The summed E-state index contributed by atoms with van der Waals surface area (Å²) in [5.74, 6) is -1.15. The molecule has 4 nitrogen and oxygen atoms in total. The highest BCUT2D eigenvalue weighted by Crippen LogP contribution is 2.27. The molecule has 0 radical (unpaired) electrons. The lowest BCUT2D eigenvalue weighted by atomic mass is 10.2. The van der Waals surface area contributed by atoms with E-state index in [1.54, 1.807) is 0 Å². The molecule has 1 heterocycles. The van der Waals surface area contributed by atoms with E-state index in [0.29, 0.717) is 5.56 Å². The van der Waals surface area contributed by atoms with Crippen LogP contribution in [-0.2, 0) is 11.2 Å². The van der Waals surface area contributed by atoms with Crippen molar-refractivity contribution in [3.05, 3.63) is 23.5 Å². The van der Waals surface area contributed by atoms with Gasteiger partial charge in [0.2, 0.25) is 0 Å². The third-order valence-electron chi connectivity index (χ3n) is 1.72. The van der Waals surface area contributed by atoms with E-state index in [1.807, 2.05) is 0 Å². The SMILES string of the molecule is COc1cc(CC(=O)O)cnc1C(F)F. The summed E-state index contributed by atoms with van der Waals surface area (Å²) in [6.07, 6.45) is -1.90. The minimum Gasteiger partial charge on any atom is -0.495 e. The number of carboxylic acid groups (broad SMARTS) is 1. The van der Waals surface area contributed by atoms with E-state index in [4.69, 9.17) is 9.84 Å². The third kappa shape index (κ3) is 2.87. The van der Waals surface area contributed by atoms with Crippen molar-refractivity contribution in [3.8, 4) is 5.75 Å². The van der Waals surface area contributed by atoms with Crippen LogP contribution in [0.1, 0.15) is 17.7 Å². The van der Waals surface area contributed by atoms with E-state index in [9.17, 15) is 13.6 Å². The molecule has 0 aliphatic heterocycles. The quantitative estimate of drug-likeness (QED) is 0.833. The third-order valence-corrected chi connectivity index (χ3v) is 1.72. The summed E-state index contributed by atoms with van der Waals surface area (Å²) in [7, 11) is 1.23. The Morgan fingerprint density at radius 1 is 1.67 bits per heavy atom. The normalized spacial score (nSPS) is 10.4. The summed E-state index contributed by atoms with van der Waals surface area (Å²) in [5.41, 5.74) is -0.157. The first kappa shape index (κ1) is 11.4. The molecule has 0 saturated heterocycles. The number of carboxylic acids is 1. The molecule has 0 fully saturated rings. The van der Waals surface area contributed by atoms with Gasteiger partial charge in [0, 0.05) is 6.20 Å². The standard InChI is InChI=1S/C9H9F2NO3/c1-15-6-2-5(3-7(13)14)4-12-8(6)9(10)11/h2,4,9H,3H2,1H3,(H,13,14). The van der Waals surface area contributed by atoms with Gasteiger partial charge in [0.25, 0.3) is 6.43 Å². The maximum absolute atomic E-state index is 12.3. The molecule has 0 saturated carbocycles. The number of pyridine rings is 1. The number of carbonyl (C=O) groups is 1. The summed E-state index contributed by atoms with van der Waals surface area (Å²) in [6.45, 7) is 0. The first-order valence-electron chi connectivity index (χ1n) is 4.07. The van der Waals surface area contributed by atoms with Crippen LogP contribution in [0.5, 0.6) is 5.75 Å². The largest absolute Gasteiger partial charge is 0.495 e. The number of ether oxygens (including phenoxy) is 1. The Hall–Kier alpha value is -1.72. The van der Waals surface area contributed by atoms with Crippen LogP contribution >= 0.6 is 0 Å². The second kappa shape index (κ2) is 4.68. The zero-order valence-corrected chi connectivity index (χ0v) is 7.91. The van der Waals surface area contributed by atoms with Crippen LogP contribution < -0.4 is 4.74 Å². The number of nitrogens with zero attached hydrogens (tertiary/aromatic N) is 1. The number of aliphatic carboxylic acids is 1. The van der Waals surface area contributed by atoms with Gasteiger partial charge in [-0.2, -0.15) is 0 Å². The van der Waals surface area contributed by atoms with Gasteiger partial charge in [0.15, 0.2) is 0 Å². The van der Waals surface area contributed by atoms with Crippen LogP contribution in [-0.4, -0.2) is 23.2 Å². The van der Waals surface area contributed by atoms with Crippen molar-refractivity contribution < 1.29 is 23.4 Å². The number of hydrogen-bond acceptors (Lipinski definition) is 3. The molecule has 6 heteroatoms. The molecule has 0 unspecified atom stereocenters. The van der Waals surface area contributed by atoms with Crippen molar-refractivity contribution >= 4 is 5.97 Å². The van der Waals surface area contributed by atoms with E-state index in [2.05, 4.69) is 4.98 Å². The summed E-state index contributed by atoms with van der Waals surface area (Å²) < 4.78 is 29.4. The number of aromatic nitrogens is 1. The highest BCUT2D eigenvalue weighted by Gasteiger charge is 2.16. The van der Waals surface area contributed by atoms with Gasteiger partial charge in [-0.15, -0.1) is 0 Å². The smallest absolute Gasteiger partial charge is 0.307 e. The summed E-state index contributed by atoms with van der Waals surface area (Å²) in [4.78, 5) is 13.8. The molecule has 1 rings (SSSR count). The van der Waals surface area contributed by atoms with Crippen LogP contribution in [0, 0.1) is 0 Å². The second-order valence-corrected chi connectivity index (χ2v) is 2.80. The highest BCUT2D eigenvalue weighted by molar-refractivity contribution is 5.70. The number of methoxy groups -OCH3 is 1. The number of rotatable bonds is 4. The lowest BCUT2D eigenvalue weighted by Gasteiger charge is -2.07. The Labute approximate surface area is 84.5 Å². The van der Waals surface area contributed by atoms with Crippen LogP contribution in [0.3, 0.4) is 0 Å². The number of alkyl halides is 2. The van der Waals surface area contributed by atoms with Crippen LogP contribution in [0.4, 0.5) is 8.78 Å². The average Bonchev–Trinajstić information content (AvgIpc) is 2.16. The number of halogens is 2. The van der Waals surface area contributed by atoms with Gasteiger partial charge in [0.1, 0.15) is 11.4 Å². The first-order chi connectivity index (χ1) is 7.04. The predicted octanol–water partition coefficient (Wildman–Crippen LogP) is 1.65. The molecule has 1 N–H and O–H groups in total. The molecule has 0 spiro atoms. The van der Waals surface area contributed by atoms with E-state index in [0.717, 1.165) is 6.20 Å². The maximum Gasteiger partial charge on any atom is 0.307 e. The van der Waals surface area contributed by atoms with Crippen LogP contribution in [0.2, 0.25) is 0 Å². The molecule has 0 aromatic carbocycles. The van der Waals surface area contributed by atoms with Crippen molar-refractivity contribution in [2.24, 2.45) is 0 Å². The molecule has 0 aliphatic carbocycles. The fraction of sp³-hybridized carbons (Fsp3) is 0.333. The predicted molar refractivity (Wildman–Crippen MR) is 47.1 cm³/mol. The second-order valence-electron chi connectivity index (χ2n) is 2.80. The van der Waals surface area contributed by atoms with E-state index in [1.165, 1.54) is 13.2 Å². The Bertz CT molecular complexity index is 368. The molecule has 0 amide bonds. The van der Waals surface area contributed by atoms with E-state index >= 15 is 0 Å². The molecule has 1 aromatic rings. The van der Waals surface area contributed by atoms with Gasteiger partial charge in [-0.1, -0.05) is 0 Å². The Morgan fingerprint density at radius 3 is 2.80 bits per heavy atom. The van der Waals surface area contributed by atoms with Crippen molar-refractivity contribution in [2.75, 3.05) is 7.11 Å². The lowest BCUT2D eigenvalue weighted by molar-refractivity contribution is -0.136. The molecular weight excluding hydrogens is 208 g/mol. The molecule has 0 bridgehead atoms. The fourth-order valence-electron chi connectivity index (χ4n) is 1.09. The Morgan fingerprint density at radius 2 is 2.33 bits per heavy atom. The molecule has 82 valence electrons. The van der Waals surface area contributed by atoms with E-state index in [-0.39, 0.29) is 12.2 Å². The molecule has 0 aliphatic rings. The lowest BCUT2D eigenvalue weighted by Crippen LogP contribution is -2.03. The van der Waals surface area contributed by atoms with E-state index < -0.39 is 18.1 Å². The Kier molecular flexibility index (Phi) is 3.54. The topological polar surface area (TPSA) is 59.4 Å². The summed E-state index contributed by atoms with van der Waals surface area (Å²) >= 11 is 0. The summed E-state index contributed by atoms with van der Waals surface area (Å²) in [6, 6.07) is 1.25. The van der Waals surface area contributed by atoms with Crippen molar-refractivity contribution in [2.45, 2.75) is 12.8 Å².